The number of carbonyl (C=O) groups is 7. The highest BCUT2D eigenvalue weighted by Crippen LogP contribution is 2.39. The van der Waals surface area contributed by atoms with Gasteiger partial charge in [-0.1, -0.05) is 60.8 Å². The zero-order valence-electron chi connectivity index (χ0n) is 44.5. The summed E-state index contributed by atoms with van der Waals surface area (Å²) >= 11 is 0. The van der Waals surface area contributed by atoms with Gasteiger partial charge >= 0.3 is 12.2 Å². The molecular formula is C56H68F3N10O10+. The quantitative estimate of drug-likeness (QED) is 0.0287. The average molecular weight is 1100 g/mol. The maximum Gasteiger partial charge on any atom is 0.395 e. The lowest BCUT2D eigenvalue weighted by molar-refractivity contribution is -0.667. The maximum atomic E-state index is 13.9. The molecule has 2 aromatic carbocycles. The van der Waals surface area contributed by atoms with Gasteiger partial charge in [-0.2, -0.15) is 13.2 Å². The van der Waals surface area contributed by atoms with Crippen molar-refractivity contribution in [3.05, 3.63) is 102 Å². The summed E-state index contributed by atoms with van der Waals surface area (Å²) in [6.07, 6.45) is 6.40. The van der Waals surface area contributed by atoms with E-state index in [0.717, 1.165) is 50.0 Å². The highest BCUT2D eigenvalue weighted by molar-refractivity contribution is 6.13. The molecule has 7 amide bonds. The van der Waals surface area contributed by atoms with Crippen LogP contribution in [0.5, 0.6) is 0 Å². The second kappa shape index (κ2) is 27.2. The minimum atomic E-state index is -4.37. The fraction of sp³-hybridized carbons (Fsp3) is 0.446. The van der Waals surface area contributed by atoms with Crippen LogP contribution in [0, 0.1) is 17.8 Å². The number of hydrogen-bond donors (Lipinski definition) is 5. The van der Waals surface area contributed by atoms with Crippen LogP contribution in [-0.4, -0.2) is 127 Å². The lowest BCUT2D eigenvalue weighted by atomic mass is 9.89. The molecule has 0 radical (unpaired) electrons. The predicted octanol–water partition coefficient (Wildman–Crippen LogP) is 4.97. The number of fused-ring (bicyclic) bond motifs is 2. The standard InChI is InChI=1S/C56H67F3N10O10/c1-35(2)51(65-46(71)18-22-77-24-26-79-27-25-78-23-21-69-47(72)15-16-48(69)73)45(70)31-40(7-5-19-62-55(61)76)53(75)64-42-12-9-36(10-13-42)32-67-34-63-52(60)50-43(33-66(3)54(50)67)38-11-14-44-39(30-38)17-20-68(44)49(74)29-37-6-4-8-41(28-37)56(57,58)59/h4,6,8-16,30,33-35,40-41,51,60H,5,7,17-29,31-32H2,1-3H3,(H5,61,62,64,65,71,75,76)/p+1/t40-,41?,51+/m1/s1. The van der Waals surface area contributed by atoms with Crippen LogP contribution >= 0.6 is 0 Å². The number of ether oxygens (including phenoxy) is 3. The first-order valence-electron chi connectivity index (χ1n) is 26.3. The first kappa shape index (κ1) is 58.9. The molecule has 0 bridgehead atoms. The van der Waals surface area contributed by atoms with E-state index in [2.05, 4.69) is 20.9 Å². The van der Waals surface area contributed by atoms with Gasteiger partial charge in [0.15, 0.2) is 5.78 Å². The molecule has 4 heterocycles. The lowest BCUT2D eigenvalue weighted by Gasteiger charge is -2.24. The second-order valence-electron chi connectivity index (χ2n) is 20.0. The number of anilines is 3. The number of Topliss-reactive ketones (excluding diaryl/α,β-unsaturated/α-hetero) is 1. The van der Waals surface area contributed by atoms with Crippen molar-refractivity contribution >= 4 is 69.6 Å². The van der Waals surface area contributed by atoms with E-state index in [4.69, 9.17) is 25.7 Å². The van der Waals surface area contributed by atoms with Crippen molar-refractivity contribution in [2.45, 2.75) is 77.6 Å². The van der Waals surface area contributed by atoms with Crippen molar-refractivity contribution in [3.63, 3.8) is 0 Å². The molecule has 1 aliphatic carbocycles. The summed E-state index contributed by atoms with van der Waals surface area (Å²) in [4.78, 5) is 96.0. The van der Waals surface area contributed by atoms with Crippen molar-refractivity contribution in [3.8, 4) is 11.1 Å². The second-order valence-corrected chi connectivity index (χ2v) is 20.0. The fourth-order valence-electron chi connectivity index (χ4n) is 9.79. The third kappa shape index (κ3) is 15.9. The summed E-state index contributed by atoms with van der Waals surface area (Å²) < 4.78 is 60.6. The monoisotopic (exact) mass is 1100 g/mol. The molecule has 4 aromatic rings. The maximum absolute atomic E-state index is 13.9. The summed E-state index contributed by atoms with van der Waals surface area (Å²) in [5.41, 5.74) is 17.8. The Balaban J connectivity index is 0.911. The van der Waals surface area contributed by atoms with Crippen LogP contribution < -0.4 is 36.9 Å². The van der Waals surface area contributed by atoms with Gasteiger partial charge in [0.25, 0.3) is 11.8 Å². The number of alkyl halides is 3. The van der Waals surface area contributed by atoms with E-state index < -0.39 is 41.9 Å². The topological polar surface area (TPSA) is 263 Å². The Hall–Kier alpha value is -7.76. The highest BCUT2D eigenvalue weighted by atomic mass is 19.4. The zero-order chi connectivity index (χ0) is 56.8. The smallest absolute Gasteiger partial charge is 0.379 e. The number of halogens is 3. The molecule has 2 aliphatic heterocycles. The third-order valence-corrected chi connectivity index (χ3v) is 13.9. The number of benzene rings is 2. The van der Waals surface area contributed by atoms with Crippen molar-refractivity contribution in [1.29, 1.82) is 0 Å². The third-order valence-electron chi connectivity index (χ3n) is 13.9. The van der Waals surface area contributed by atoms with Gasteiger partial charge in [-0.3, -0.25) is 38.2 Å². The van der Waals surface area contributed by atoms with Gasteiger partial charge in [0.2, 0.25) is 35.5 Å². The van der Waals surface area contributed by atoms with E-state index in [1.807, 2.05) is 52.7 Å². The van der Waals surface area contributed by atoms with Gasteiger partial charge in [0, 0.05) is 67.4 Å². The van der Waals surface area contributed by atoms with Gasteiger partial charge in [-0.25, -0.2) is 9.36 Å². The Labute approximate surface area is 455 Å². The van der Waals surface area contributed by atoms with Crippen LogP contribution in [0.2, 0.25) is 0 Å². The molecule has 0 spiro atoms. The molecule has 0 saturated carbocycles. The first-order valence-corrected chi connectivity index (χ1v) is 26.3. The van der Waals surface area contributed by atoms with Crippen molar-refractivity contribution in [2.75, 3.05) is 75.2 Å². The molecule has 0 saturated heterocycles. The van der Waals surface area contributed by atoms with E-state index in [0.29, 0.717) is 43.0 Å². The molecule has 2 aromatic heterocycles. The lowest BCUT2D eigenvalue weighted by Crippen LogP contribution is -2.45. The Morgan fingerprint density at radius 1 is 0.937 bits per heavy atom. The molecule has 20 nitrogen and oxygen atoms in total. The van der Waals surface area contributed by atoms with Crippen LogP contribution in [0.15, 0.2) is 90.9 Å². The number of urea groups is 1. The molecule has 3 aliphatic rings. The number of imide groups is 1. The molecule has 7 rings (SSSR count). The summed E-state index contributed by atoms with van der Waals surface area (Å²) in [6.45, 7) is 5.95. The number of ketones is 1. The van der Waals surface area contributed by atoms with E-state index in [-0.39, 0.29) is 114 Å². The van der Waals surface area contributed by atoms with Crippen LogP contribution in [0.3, 0.4) is 0 Å². The molecule has 79 heavy (non-hydrogen) atoms. The Kier molecular flexibility index (Phi) is 20.3. The number of rotatable bonds is 28. The van der Waals surface area contributed by atoms with Crippen LogP contribution in [0.4, 0.5) is 35.2 Å². The highest BCUT2D eigenvalue weighted by Gasteiger charge is 2.39. The number of nitrogen functional groups attached to an aromatic ring is 1. The fourth-order valence-corrected chi connectivity index (χ4v) is 9.79. The number of aromatic nitrogens is 3. The number of carbonyl (C=O) groups excluding carboxylic acids is 7. The summed E-state index contributed by atoms with van der Waals surface area (Å²) in [5.74, 6) is -4.53. The van der Waals surface area contributed by atoms with Gasteiger partial charge < -0.3 is 46.5 Å². The SMILES string of the molecule is CC(C)[C@H](NC(=O)CCOCCOCCOCCN1C(=O)C=CC1=O)C(=O)C[C@@H](CCCNC(N)=O)C(=O)Nc1ccc(C[n+]2cnc(N)c3c(-c4ccc5c(c4)CCN5C(=O)CC4=CC=CC(C(F)(F)F)C4)cn(C)c32)cc1. The van der Waals surface area contributed by atoms with Crippen molar-refractivity contribution < 1.29 is 65.5 Å². The van der Waals surface area contributed by atoms with Crippen LogP contribution in [0.1, 0.15) is 63.5 Å². The molecule has 3 atom stereocenters. The minimum absolute atomic E-state index is 0.0188. The van der Waals surface area contributed by atoms with E-state index in [1.165, 1.54) is 18.2 Å². The molecular weight excluding hydrogens is 1030 g/mol. The number of hydrogen-bond acceptors (Lipinski definition) is 12. The number of amides is 7. The zero-order valence-corrected chi connectivity index (χ0v) is 44.5. The van der Waals surface area contributed by atoms with Crippen LogP contribution in [0.25, 0.3) is 22.2 Å². The predicted molar refractivity (Wildman–Crippen MR) is 287 cm³/mol. The van der Waals surface area contributed by atoms with Gasteiger partial charge in [-0.05, 0) is 72.6 Å². The average Bonchev–Trinajstić information content (AvgIpc) is 4.13. The van der Waals surface area contributed by atoms with Crippen LogP contribution in [-0.2, 0) is 63.0 Å². The number of nitrogens with one attached hydrogen (secondary N) is 3. The molecule has 7 N–H and O–H groups in total. The molecule has 23 heteroatoms. The van der Waals surface area contributed by atoms with Gasteiger partial charge in [0.1, 0.15) is 5.39 Å². The number of allylic oxidation sites excluding steroid dienone is 3. The Morgan fingerprint density at radius 3 is 2.32 bits per heavy atom. The largest absolute Gasteiger partial charge is 0.395 e. The normalized spacial score (nSPS) is 15.9. The summed E-state index contributed by atoms with van der Waals surface area (Å²) in [5, 5.41) is 8.98. The number of primary amides is 1. The van der Waals surface area contributed by atoms with E-state index >= 15 is 0 Å². The van der Waals surface area contributed by atoms with Crippen molar-refractivity contribution in [1.82, 2.24) is 25.1 Å². The van der Waals surface area contributed by atoms with Crippen molar-refractivity contribution in [2.24, 2.45) is 30.5 Å². The number of nitrogens with zero attached hydrogens (tertiary/aromatic N) is 5. The van der Waals surface area contributed by atoms with E-state index in [1.54, 1.807) is 43.3 Å². The Bertz CT molecular complexity index is 2970. The minimum Gasteiger partial charge on any atom is -0.379 e. The molecule has 1 unspecified atom stereocenters. The Morgan fingerprint density at radius 2 is 1.63 bits per heavy atom. The van der Waals surface area contributed by atoms with Gasteiger partial charge in [0.05, 0.1) is 77.9 Å². The van der Waals surface area contributed by atoms with Gasteiger partial charge in [-0.15, -0.1) is 0 Å². The first-order chi connectivity index (χ1) is 37.8. The molecule has 422 valence electrons. The molecule has 0 fully saturated rings. The number of nitrogens with two attached hydrogens (primary N) is 2. The summed E-state index contributed by atoms with van der Waals surface area (Å²) in [6, 6.07) is 11.4. The van der Waals surface area contributed by atoms with E-state index in [9.17, 15) is 46.7 Å². The number of aryl methyl sites for hydroxylation is 1. The summed E-state index contributed by atoms with van der Waals surface area (Å²) in [7, 11) is 1.90.